The van der Waals surface area contributed by atoms with Crippen LogP contribution >= 0.6 is 23.4 Å². The molecule has 0 aromatic rings. The topological polar surface area (TPSA) is 26.3 Å². The van der Waals surface area contributed by atoms with Crippen molar-refractivity contribution in [3.8, 4) is 0 Å². The fourth-order valence-electron chi connectivity index (χ4n) is 0.378. The molecule has 0 aliphatic carbocycles. The van der Waals surface area contributed by atoms with Gasteiger partial charge in [-0.1, -0.05) is 0 Å². The van der Waals surface area contributed by atoms with Crippen LogP contribution in [0.2, 0.25) is 0 Å². The van der Waals surface area contributed by atoms with E-state index in [0.717, 1.165) is 0 Å². The van der Waals surface area contributed by atoms with Gasteiger partial charge in [0, 0.05) is 6.61 Å². The molecule has 4 heteroatoms. The molecule has 0 fully saturated rings. The summed E-state index contributed by atoms with van der Waals surface area (Å²) >= 11 is 6.44. The third kappa shape index (κ3) is 3.78. The standard InChI is InChI=1S/C5H9ClO2S/c1-3-8-5(9-2)4(6)7/h5H,3H2,1-2H3. The molecular formula is C5H9ClO2S. The van der Waals surface area contributed by atoms with E-state index >= 15 is 0 Å². The molecule has 0 heterocycles. The highest BCUT2D eigenvalue weighted by atomic mass is 35.5. The first kappa shape index (κ1) is 9.27. The number of rotatable bonds is 4. The summed E-state index contributed by atoms with van der Waals surface area (Å²) in [4.78, 5) is 10.4. The lowest BCUT2D eigenvalue weighted by molar-refractivity contribution is -0.117. The molecule has 0 radical (unpaired) electrons. The molecule has 9 heavy (non-hydrogen) atoms. The highest BCUT2D eigenvalue weighted by Gasteiger charge is 2.12. The number of thioether (sulfide) groups is 1. The maximum atomic E-state index is 10.4. The first-order valence-electron chi connectivity index (χ1n) is 2.56. The van der Waals surface area contributed by atoms with Crippen molar-refractivity contribution in [2.24, 2.45) is 0 Å². The Bertz CT molecular complexity index is 97.0. The van der Waals surface area contributed by atoms with Crippen molar-refractivity contribution < 1.29 is 9.53 Å². The van der Waals surface area contributed by atoms with Gasteiger partial charge in [0.1, 0.15) is 0 Å². The van der Waals surface area contributed by atoms with Crippen LogP contribution in [0.25, 0.3) is 0 Å². The van der Waals surface area contributed by atoms with Gasteiger partial charge in [0.2, 0.25) is 0 Å². The van der Waals surface area contributed by atoms with Gasteiger partial charge in [0.05, 0.1) is 0 Å². The van der Waals surface area contributed by atoms with Gasteiger partial charge in [-0.05, 0) is 24.8 Å². The zero-order valence-electron chi connectivity index (χ0n) is 5.39. The summed E-state index contributed by atoms with van der Waals surface area (Å²) in [6, 6.07) is 0. The molecule has 1 unspecified atom stereocenters. The summed E-state index contributed by atoms with van der Waals surface area (Å²) in [5.41, 5.74) is -0.489. The Morgan fingerprint density at radius 2 is 2.44 bits per heavy atom. The minimum absolute atomic E-state index is 0.440. The summed E-state index contributed by atoms with van der Waals surface area (Å²) in [5, 5.41) is -0.440. The third-order valence-corrected chi connectivity index (χ3v) is 1.82. The van der Waals surface area contributed by atoms with Gasteiger partial charge >= 0.3 is 0 Å². The van der Waals surface area contributed by atoms with Gasteiger partial charge in [-0.15, -0.1) is 11.8 Å². The second-order valence-electron chi connectivity index (χ2n) is 1.33. The minimum Gasteiger partial charge on any atom is -0.359 e. The number of hydrogen-bond acceptors (Lipinski definition) is 3. The van der Waals surface area contributed by atoms with Crippen LogP contribution in [0.5, 0.6) is 0 Å². The zero-order chi connectivity index (χ0) is 7.28. The van der Waals surface area contributed by atoms with Crippen LogP contribution in [0.1, 0.15) is 6.92 Å². The fraction of sp³-hybridized carbons (Fsp3) is 0.800. The Hall–Kier alpha value is 0.270. The predicted octanol–water partition coefficient (Wildman–Crippen LogP) is 1.48. The zero-order valence-corrected chi connectivity index (χ0v) is 6.96. The molecule has 0 amide bonds. The van der Waals surface area contributed by atoms with Crippen LogP contribution in [0.15, 0.2) is 0 Å². The number of ether oxygens (including phenoxy) is 1. The average Bonchev–Trinajstić information content (AvgIpc) is 1.82. The van der Waals surface area contributed by atoms with Gasteiger partial charge in [-0.2, -0.15) is 0 Å². The van der Waals surface area contributed by atoms with Gasteiger partial charge in [0.25, 0.3) is 5.24 Å². The molecule has 0 rings (SSSR count). The molecule has 0 N–H and O–H groups in total. The maximum absolute atomic E-state index is 10.4. The number of hydrogen-bond donors (Lipinski definition) is 0. The molecule has 0 saturated heterocycles. The molecule has 54 valence electrons. The summed E-state index contributed by atoms with van der Waals surface area (Å²) in [6.07, 6.45) is 1.78. The molecule has 0 aromatic heterocycles. The minimum atomic E-state index is -0.489. The first-order chi connectivity index (χ1) is 4.22. The third-order valence-electron chi connectivity index (χ3n) is 0.717. The fourth-order valence-corrected chi connectivity index (χ4v) is 1.17. The Labute approximate surface area is 63.9 Å². The summed E-state index contributed by atoms with van der Waals surface area (Å²) in [6.45, 7) is 2.34. The van der Waals surface area contributed by atoms with Crippen LogP contribution in [-0.4, -0.2) is 23.5 Å². The van der Waals surface area contributed by atoms with Crippen molar-refractivity contribution in [1.29, 1.82) is 0 Å². The van der Waals surface area contributed by atoms with Crippen molar-refractivity contribution >= 4 is 28.6 Å². The van der Waals surface area contributed by atoms with E-state index in [2.05, 4.69) is 0 Å². The lowest BCUT2D eigenvalue weighted by Gasteiger charge is -2.07. The van der Waals surface area contributed by atoms with Crippen LogP contribution in [0.3, 0.4) is 0 Å². The molecule has 0 aliphatic rings. The second-order valence-corrected chi connectivity index (χ2v) is 2.60. The molecule has 0 spiro atoms. The Morgan fingerprint density at radius 1 is 1.89 bits per heavy atom. The summed E-state index contributed by atoms with van der Waals surface area (Å²) in [7, 11) is 0. The smallest absolute Gasteiger partial charge is 0.260 e. The highest BCUT2D eigenvalue weighted by Crippen LogP contribution is 2.10. The van der Waals surface area contributed by atoms with Gasteiger partial charge in [-0.3, -0.25) is 4.79 Å². The molecule has 1 atom stereocenters. The van der Waals surface area contributed by atoms with Gasteiger partial charge in [-0.25, -0.2) is 0 Å². The molecule has 0 saturated carbocycles. The summed E-state index contributed by atoms with van der Waals surface area (Å²) in [5.74, 6) is 0. The molecular weight excluding hydrogens is 160 g/mol. The Kier molecular flexibility index (Phi) is 5.24. The van der Waals surface area contributed by atoms with Crippen LogP contribution in [0.4, 0.5) is 0 Å². The largest absolute Gasteiger partial charge is 0.359 e. The van der Waals surface area contributed by atoms with E-state index in [9.17, 15) is 4.79 Å². The SMILES string of the molecule is CCOC(SC)C(=O)Cl. The van der Waals surface area contributed by atoms with Crippen LogP contribution in [-0.2, 0) is 9.53 Å². The van der Waals surface area contributed by atoms with Crippen LogP contribution in [0, 0.1) is 0 Å². The van der Waals surface area contributed by atoms with E-state index in [1.54, 1.807) is 6.26 Å². The normalized spacial score (nSPS) is 13.2. The lowest BCUT2D eigenvalue weighted by Crippen LogP contribution is -2.14. The predicted molar refractivity (Wildman–Crippen MR) is 39.8 cm³/mol. The first-order valence-corrected chi connectivity index (χ1v) is 4.22. The van der Waals surface area contributed by atoms with Crippen molar-refractivity contribution in [2.75, 3.05) is 12.9 Å². The van der Waals surface area contributed by atoms with Crippen LogP contribution < -0.4 is 0 Å². The summed E-state index contributed by atoms with van der Waals surface area (Å²) < 4.78 is 4.93. The average molecular weight is 169 g/mol. The number of carbonyl (C=O) groups excluding carboxylic acids is 1. The molecule has 0 bridgehead atoms. The van der Waals surface area contributed by atoms with Crippen molar-refractivity contribution in [2.45, 2.75) is 12.4 Å². The van der Waals surface area contributed by atoms with E-state index in [4.69, 9.17) is 16.3 Å². The number of carbonyl (C=O) groups is 1. The van der Waals surface area contributed by atoms with Crippen molar-refractivity contribution in [1.82, 2.24) is 0 Å². The van der Waals surface area contributed by atoms with E-state index < -0.39 is 10.7 Å². The monoisotopic (exact) mass is 168 g/mol. The van der Waals surface area contributed by atoms with E-state index in [0.29, 0.717) is 6.61 Å². The second kappa shape index (κ2) is 5.09. The van der Waals surface area contributed by atoms with E-state index in [1.807, 2.05) is 6.92 Å². The van der Waals surface area contributed by atoms with Gasteiger partial charge < -0.3 is 4.74 Å². The molecule has 0 aliphatic heterocycles. The van der Waals surface area contributed by atoms with E-state index in [-0.39, 0.29) is 0 Å². The Balaban J connectivity index is 3.54. The van der Waals surface area contributed by atoms with Crippen molar-refractivity contribution in [3.05, 3.63) is 0 Å². The lowest BCUT2D eigenvalue weighted by atomic mass is 10.8. The van der Waals surface area contributed by atoms with Crippen molar-refractivity contribution in [3.63, 3.8) is 0 Å². The van der Waals surface area contributed by atoms with E-state index in [1.165, 1.54) is 11.8 Å². The quantitative estimate of drug-likeness (QED) is 0.470. The molecule has 0 aromatic carbocycles. The maximum Gasteiger partial charge on any atom is 0.260 e. The molecule has 2 nitrogen and oxygen atoms in total. The number of halogens is 1. The Morgan fingerprint density at radius 3 is 2.56 bits per heavy atom. The highest BCUT2D eigenvalue weighted by molar-refractivity contribution is 7.99. The van der Waals surface area contributed by atoms with Gasteiger partial charge in [0.15, 0.2) is 5.44 Å².